The molecule has 0 aromatic carbocycles. The van der Waals surface area contributed by atoms with E-state index in [4.69, 9.17) is 12.2 Å². The Morgan fingerprint density at radius 3 is 3.11 bits per heavy atom. The first-order valence-electron chi connectivity index (χ1n) is 5.10. The van der Waals surface area contributed by atoms with E-state index in [0.29, 0.717) is 22.1 Å². The lowest BCUT2D eigenvalue weighted by Gasteiger charge is -1.96. The molecule has 0 bridgehead atoms. The summed E-state index contributed by atoms with van der Waals surface area (Å²) in [4.78, 5) is 20.5. The Labute approximate surface area is 108 Å². The van der Waals surface area contributed by atoms with E-state index in [0.717, 1.165) is 0 Å². The van der Waals surface area contributed by atoms with Crippen molar-refractivity contribution < 1.29 is 4.79 Å². The van der Waals surface area contributed by atoms with Crippen LogP contribution in [0.4, 0.5) is 10.9 Å². The molecule has 0 atom stereocenters. The second kappa shape index (κ2) is 5.29. The van der Waals surface area contributed by atoms with Crippen LogP contribution < -0.4 is 11.1 Å². The zero-order valence-electron chi connectivity index (χ0n) is 9.38. The van der Waals surface area contributed by atoms with Crippen molar-refractivity contribution in [3.63, 3.8) is 0 Å². The van der Waals surface area contributed by atoms with Gasteiger partial charge in [-0.15, -0.1) is 6.42 Å². The average Bonchev–Trinajstić information content (AvgIpc) is 2.78. The van der Waals surface area contributed by atoms with Crippen molar-refractivity contribution in [3.8, 4) is 12.3 Å². The van der Waals surface area contributed by atoms with Gasteiger partial charge in [0.1, 0.15) is 10.7 Å². The Hall–Kier alpha value is -2.39. The summed E-state index contributed by atoms with van der Waals surface area (Å²) >= 11 is 1.18. The van der Waals surface area contributed by atoms with Crippen LogP contribution in [-0.4, -0.2) is 22.3 Å². The minimum atomic E-state index is -0.188. The van der Waals surface area contributed by atoms with Crippen molar-refractivity contribution in [2.45, 2.75) is 0 Å². The Bertz CT molecular complexity index is 600. The standard InChI is InChI=1S/C12H10N4OS/c1-2-5-15-12-16-11(13)10(18-12)9(17)8-4-3-6-14-7-8/h1,3-4,6-7H,5,13H2,(H,15,16). The van der Waals surface area contributed by atoms with E-state index in [-0.39, 0.29) is 11.6 Å². The topological polar surface area (TPSA) is 80.9 Å². The van der Waals surface area contributed by atoms with Crippen LogP contribution in [0.25, 0.3) is 0 Å². The molecule has 3 N–H and O–H groups in total. The molecule has 0 unspecified atom stereocenters. The number of ketones is 1. The summed E-state index contributed by atoms with van der Waals surface area (Å²) in [7, 11) is 0. The Balaban J connectivity index is 2.26. The van der Waals surface area contributed by atoms with E-state index in [1.807, 2.05) is 0 Å². The van der Waals surface area contributed by atoms with Gasteiger partial charge in [0.05, 0.1) is 6.54 Å². The monoisotopic (exact) mass is 258 g/mol. The van der Waals surface area contributed by atoms with E-state index < -0.39 is 0 Å². The molecule has 2 heterocycles. The molecule has 0 spiro atoms. The highest BCUT2D eigenvalue weighted by molar-refractivity contribution is 7.18. The molecule has 6 heteroatoms. The highest BCUT2D eigenvalue weighted by Gasteiger charge is 2.17. The molecule has 0 fully saturated rings. The third-order valence-corrected chi connectivity index (χ3v) is 3.15. The second-order valence-corrected chi connectivity index (χ2v) is 4.36. The molecule has 2 aromatic rings. The summed E-state index contributed by atoms with van der Waals surface area (Å²) < 4.78 is 0. The van der Waals surface area contributed by atoms with Gasteiger partial charge in [0.2, 0.25) is 5.78 Å². The summed E-state index contributed by atoms with van der Waals surface area (Å²) in [6.45, 7) is 0.341. The van der Waals surface area contributed by atoms with Gasteiger partial charge in [0.15, 0.2) is 5.13 Å². The van der Waals surface area contributed by atoms with E-state index >= 15 is 0 Å². The summed E-state index contributed by atoms with van der Waals surface area (Å²) in [6.07, 6.45) is 8.23. The third-order valence-electron chi connectivity index (χ3n) is 2.13. The number of aromatic nitrogens is 2. The highest BCUT2D eigenvalue weighted by atomic mass is 32.1. The number of terminal acetylenes is 1. The Kier molecular flexibility index (Phi) is 3.55. The summed E-state index contributed by atoms with van der Waals surface area (Å²) in [5.41, 5.74) is 6.20. The molecule has 2 aromatic heterocycles. The molecule has 0 radical (unpaired) electrons. The van der Waals surface area contributed by atoms with Gasteiger partial charge >= 0.3 is 0 Å². The number of nitrogens with two attached hydrogens (primary N) is 1. The number of nitrogens with zero attached hydrogens (tertiary/aromatic N) is 2. The van der Waals surface area contributed by atoms with Crippen LogP contribution in [0.5, 0.6) is 0 Å². The zero-order chi connectivity index (χ0) is 13.0. The van der Waals surface area contributed by atoms with E-state index in [1.54, 1.807) is 18.3 Å². The Morgan fingerprint density at radius 2 is 2.44 bits per heavy atom. The number of carbonyl (C=O) groups is 1. The molecule has 18 heavy (non-hydrogen) atoms. The fourth-order valence-corrected chi connectivity index (χ4v) is 2.17. The molecule has 0 saturated carbocycles. The van der Waals surface area contributed by atoms with E-state index in [1.165, 1.54) is 17.5 Å². The van der Waals surface area contributed by atoms with Gasteiger partial charge in [-0.05, 0) is 12.1 Å². The molecule has 0 aliphatic rings. The van der Waals surface area contributed by atoms with Gasteiger partial charge in [-0.2, -0.15) is 0 Å². The number of anilines is 2. The van der Waals surface area contributed by atoms with Crippen LogP contribution in [0, 0.1) is 12.3 Å². The molecule has 0 aliphatic heterocycles. The normalized spacial score (nSPS) is 9.72. The lowest BCUT2D eigenvalue weighted by atomic mass is 10.2. The fraction of sp³-hybridized carbons (Fsp3) is 0.0833. The molecular formula is C12H10N4OS. The van der Waals surface area contributed by atoms with Gasteiger partial charge in [0, 0.05) is 18.0 Å². The smallest absolute Gasteiger partial charge is 0.208 e. The average molecular weight is 258 g/mol. The van der Waals surface area contributed by atoms with Crippen LogP contribution in [-0.2, 0) is 0 Å². The van der Waals surface area contributed by atoms with Crippen molar-refractivity contribution in [2.75, 3.05) is 17.6 Å². The predicted molar refractivity (Wildman–Crippen MR) is 71.5 cm³/mol. The minimum Gasteiger partial charge on any atom is -0.382 e. The zero-order valence-corrected chi connectivity index (χ0v) is 10.2. The van der Waals surface area contributed by atoms with Crippen LogP contribution in [0.3, 0.4) is 0 Å². The van der Waals surface area contributed by atoms with Crippen LogP contribution >= 0.6 is 11.3 Å². The number of rotatable bonds is 4. The van der Waals surface area contributed by atoms with Crippen molar-refractivity contribution in [2.24, 2.45) is 0 Å². The fourth-order valence-electron chi connectivity index (χ4n) is 1.33. The molecule has 0 aliphatic carbocycles. The first kappa shape index (κ1) is 12.1. The SMILES string of the molecule is C#CCNc1nc(N)c(C(=O)c2cccnc2)s1. The van der Waals surface area contributed by atoms with Crippen LogP contribution in [0.2, 0.25) is 0 Å². The maximum absolute atomic E-state index is 12.1. The third kappa shape index (κ3) is 2.47. The van der Waals surface area contributed by atoms with Gasteiger partial charge in [-0.25, -0.2) is 4.98 Å². The molecule has 2 rings (SSSR count). The quantitative estimate of drug-likeness (QED) is 0.640. The molecular weight excluding hydrogens is 248 g/mol. The van der Waals surface area contributed by atoms with Gasteiger partial charge in [0.25, 0.3) is 0 Å². The van der Waals surface area contributed by atoms with Crippen molar-refractivity contribution in [1.29, 1.82) is 0 Å². The maximum Gasteiger partial charge on any atom is 0.208 e. The molecule has 0 amide bonds. The van der Waals surface area contributed by atoms with E-state index in [2.05, 4.69) is 21.2 Å². The highest BCUT2D eigenvalue weighted by Crippen LogP contribution is 2.26. The molecule has 0 saturated heterocycles. The predicted octanol–water partition coefficient (Wildman–Crippen LogP) is 1.40. The van der Waals surface area contributed by atoms with Crippen molar-refractivity contribution in [1.82, 2.24) is 9.97 Å². The number of pyridine rings is 1. The first-order valence-corrected chi connectivity index (χ1v) is 5.92. The number of nitrogens with one attached hydrogen (secondary N) is 1. The molecule has 5 nitrogen and oxygen atoms in total. The summed E-state index contributed by atoms with van der Waals surface area (Å²) in [5.74, 6) is 2.44. The number of nitrogen functional groups attached to an aromatic ring is 1. The number of thiazole rings is 1. The van der Waals surface area contributed by atoms with E-state index in [9.17, 15) is 4.79 Å². The number of carbonyl (C=O) groups excluding carboxylic acids is 1. The minimum absolute atomic E-state index is 0.188. The van der Waals surface area contributed by atoms with Gasteiger partial charge in [-0.3, -0.25) is 9.78 Å². The maximum atomic E-state index is 12.1. The second-order valence-electron chi connectivity index (χ2n) is 3.36. The number of hydrogen-bond donors (Lipinski definition) is 2. The van der Waals surface area contributed by atoms with Crippen LogP contribution in [0.15, 0.2) is 24.5 Å². The Morgan fingerprint density at radius 1 is 1.61 bits per heavy atom. The van der Waals surface area contributed by atoms with Crippen molar-refractivity contribution >= 4 is 28.1 Å². The lowest BCUT2D eigenvalue weighted by molar-refractivity contribution is 0.104. The van der Waals surface area contributed by atoms with Crippen LogP contribution in [0.1, 0.15) is 15.2 Å². The lowest BCUT2D eigenvalue weighted by Crippen LogP contribution is -2.02. The van der Waals surface area contributed by atoms with Crippen molar-refractivity contribution in [3.05, 3.63) is 35.0 Å². The summed E-state index contributed by atoms with van der Waals surface area (Å²) in [6, 6.07) is 3.38. The van der Waals surface area contributed by atoms with Gasteiger partial charge < -0.3 is 11.1 Å². The summed E-state index contributed by atoms with van der Waals surface area (Å²) in [5, 5.41) is 3.42. The first-order chi connectivity index (χ1) is 8.72. The molecule has 90 valence electrons. The van der Waals surface area contributed by atoms with Gasteiger partial charge in [-0.1, -0.05) is 17.3 Å². The number of hydrogen-bond acceptors (Lipinski definition) is 6. The largest absolute Gasteiger partial charge is 0.382 e.